The van der Waals surface area contributed by atoms with Gasteiger partial charge in [-0.3, -0.25) is 5.32 Å². The largest absolute Gasteiger partial charge is 0.378 e. The third-order valence-electron chi connectivity index (χ3n) is 2.87. The molecule has 1 aliphatic carbocycles. The average molecular weight is 196 g/mol. The van der Waals surface area contributed by atoms with Crippen molar-refractivity contribution in [2.45, 2.75) is 57.2 Å². The van der Waals surface area contributed by atoms with E-state index in [2.05, 4.69) is 25.2 Å². The Morgan fingerprint density at radius 1 is 1.50 bits per heavy atom. The van der Waals surface area contributed by atoms with Gasteiger partial charge < -0.3 is 4.74 Å². The van der Waals surface area contributed by atoms with Crippen LogP contribution in [-0.4, -0.2) is 24.8 Å². The minimum atomic E-state index is -0.457. The van der Waals surface area contributed by atoms with Crippen LogP contribution in [-0.2, 0) is 4.74 Å². The van der Waals surface area contributed by atoms with E-state index < -0.39 is 5.54 Å². The topological polar surface area (TPSA) is 45.0 Å². The number of methoxy groups -OCH3 is 1. The van der Waals surface area contributed by atoms with Crippen molar-refractivity contribution in [2.75, 3.05) is 7.11 Å². The summed E-state index contributed by atoms with van der Waals surface area (Å²) in [5, 5.41) is 12.7. The van der Waals surface area contributed by atoms with E-state index in [0.717, 1.165) is 19.3 Å². The van der Waals surface area contributed by atoms with Crippen LogP contribution in [0.25, 0.3) is 0 Å². The second-order valence-electron chi connectivity index (χ2n) is 4.35. The first-order chi connectivity index (χ1) is 6.64. The van der Waals surface area contributed by atoms with E-state index >= 15 is 0 Å². The van der Waals surface area contributed by atoms with Crippen LogP contribution in [0.4, 0.5) is 0 Å². The Labute approximate surface area is 86.4 Å². The summed E-state index contributed by atoms with van der Waals surface area (Å²) in [5.41, 5.74) is -0.457. The molecule has 3 nitrogen and oxygen atoms in total. The molecule has 0 aromatic carbocycles. The normalized spacial score (nSPS) is 32.9. The lowest BCUT2D eigenvalue weighted by molar-refractivity contribution is 0.00965. The molecule has 0 bridgehead atoms. The van der Waals surface area contributed by atoms with E-state index in [9.17, 15) is 5.26 Å². The fourth-order valence-electron chi connectivity index (χ4n) is 2.30. The molecule has 0 spiro atoms. The molecule has 1 N–H and O–H groups in total. The molecule has 0 amide bonds. The predicted octanol–water partition coefficient (Wildman–Crippen LogP) is 1.84. The summed E-state index contributed by atoms with van der Waals surface area (Å²) >= 11 is 0. The van der Waals surface area contributed by atoms with Crippen molar-refractivity contribution in [1.29, 1.82) is 5.26 Å². The van der Waals surface area contributed by atoms with Gasteiger partial charge in [0, 0.05) is 13.2 Å². The fourth-order valence-corrected chi connectivity index (χ4v) is 2.30. The standard InChI is InChI=1S/C11H20N2O/c1-9(2)13-11(8-12)7-5-4-6-10(11)14-3/h9-10,13H,4-7H2,1-3H3. The molecule has 2 atom stereocenters. The van der Waals surface area contributed by atoms with Gasteiger partial charge in [-0.1, -0.05) is 12.8 Å². The van der Waals surface area contributed by atoms with Crippen molar-refractivity contribution in [3.63, 3.8) is 0 Å². The number of hydrogen-bond acceptors (Lipinski definition) is 3. The molecule has 1 rings (SSSR count). The lowest BCUT2D eigenvalue weighted by Crippen LogP contribution is -2.58. The summed E-state index contributed by atoms with van der Waals surface area (Å²) in [6, 6.07) is 2.74. The minimum Gasteiger partial charge on any atom is -0.378 e. The molecule has 0 heterocycles. The summed E-state index contributed by atoms with van der Waals surface area (Å²) in [4.78, 5) is 0. The van der Waals surface area contributed by atoms with Crippen LogP contribution < -0.4 is 5.32 Å². The van der Waals surface area contributed by atoms with E-state index in [0.29, 0.717) is 6.04 Å². The summed E-state index contributed by atoms with van der Waals surface area (Å²) in [6.07, 6.45) is 4.22. The maximum absolute atomic E-state index is 9.30. The van der Waals surface area contributed by atoms with Crippen LogP contribution in [0, 0.1) is 11.3 Å². The van der Waals surface area contributed by atoms with Gasteiger partial charge in [0.2, 0.25) is 0 Å². The highest BCUT2D eigenvalue weighted by molar-refractivity contribution is 5.14. The molecule has 80 valence electrons. The molecule has 1 aliphatic rings. The van der Waals surface area contributed by atoms with Crippen molar-refractivity contribution in [2.24, 2.45) is 0 Å². The Morgan fingerprint density at radius 2 is 2.21 bits per heavy atom. The maximum Gasteiger partial charge on any atom is 0.133 e. The van der Waals surface area contributed by atoms with Crippen LogP contribution in [0.2, 0.25) is 0 Å². The second-order valence-corrected chi connectivity index (χ2v) is 4.35. The van der Waals surface area contributed by atoms with E-state index in [1.165, 1.54) is 6.42 Å². The smallest absolute Gasteiger partial charge is 0.133 e. The van der Waals surface area contributed by atoms with Gasteiger partial charge in [0.05, 0.1) is 12.2 Å². The molecule has 0 aromatic rings. The molecule has 2 unspecified atom stereocenters. The molecule has 14 heavy (non-hydrogen) atoms. The second kappa shape index (κ2) is 4.77. The first-order valence-electron chi connectivity index (χ1n) is 5.36. The fraction of sp³-hybridized carbons (Fsp3) is 0.909. The lowest BCUT2D eigenvalue weighted by atomic mass is 9.79. The van der Waals surface area contributed by atoms with Crippen LogP contribution in [0.1, 0.15) is 39.5 Å². The summed E-state index contributed by atoms with van der Waals surface area (Å²) in [7, 11) is 1.70. The quantitative estimate of drug-likeness (QED) is 0.749. The van der Waals surface area contributed by atoms with Crippen molar-refractivity contribution in [3.05, 3.63) is 0 Å². The molecule has 1 fully saturated rings. The van der Waals surface area contributed by atoms with Gasteiger partial charge in [0.15, 0.2) is 0 Å². The van der Waals surface area contributed by atoms with Crippen molar-refractivity contribution in [3.8, 4) is 6.07 Å². The first kappa shape index (κ1) is 11.5. The molecule has 3 heteroatoms. The number of hydrogen-bond donors (Lipinski definition) is 1. The molecular weight excluding hydrogens is 176 g/mol. The SMILES string of the molecule is COC1CCCCC1(C#N)NC(C)C. The van der Waals surface area contributed by atoms with E-state index in [-0.39, 0.29) is 6.10 Å². The highest BCUT2D eigenvalue weighted by atomic mass is 16.5. The highest BCUT2D eigenvalue weighted by Gasteiger charge is 2.41. The summed E-state index contributed by atoms with van der Waals surface area (Å²) in [5.74, 6) is 0. The first-order valence-corrected chi connectivity index (χ1v) is 5.36. The van der Waals surface area contributed by atoms with Gasteiger partial charge in [-0.2, -0.15) is 5.26 Å². The van der Waals surface area contributed by atoms with Crippen LogP contribution in [0.5, 0.6) is 0 Å². The zero-order chi connectivity index (χ0) is 10.6. The zero-order valence-corrected chi connectivity index (χ0v) is 9.34. The summed E-state index contributed by atoms with van der Waals surface area (Å²) < 4.78 is 5.41. The van der Waals surface area contributed by atoms with Gasteiger partial charge in [-0.25, -0.2) is 0 Å². The molecule has 0 aromatic heterocycles. The van der Waals surface area contributed by atoms with E-state index in [4.69, 9.17) is 4.74 Å². The Morgan fingerprint density at radius 3 is 2.71 bits per heavy atom. The number of nitrogens with one attached hydrogen (secondary N) is 1. The zero-order valence-electron chi connectivity index (χ0n) is 9.34. The Balaban J connectivity index is 2.77. The predicted molar refractivity (Wildman–Crippen MR) is 55.9 cm³/mol. The average Bonchev–Trinajstić information content (AvgIpc) is 2.17. The number of nitrogens with zero attached hydrogens (tertiary/aromatic N) is 1. The van der Waals surface area contributed by atoms with Crippen LogP contribution in [0.3, 0.4) is 0 Å². The van der Waals surface area contributed by atoms with Crippen molar-refractivity contribution < 1.29 is 4.74 Å². The highest BCUT2D eigenvalue weighted by Crippen LogP contribution is 2.30. The maximum atomic E-state index is 9.30. The molecule has 0 radical (unpaired) electrons. The van der Waals surface area contributed by atoms with E-state index in [1.54, 1.807) is 7.11 Å². The molecule has 1 saturated carbocycles. The van der Waals surface area contributed by atoms with Gasteiger partial charge in [-0.15, -0.1) is 0 Å². The molecule has 0 aliphatic heterocycles. The van der Waals surface area contributed by atoms with Gasteiger partial charge >= 0.3 is 0 Å². The molecular formula is C11H20N2O. The third kappa shape index (κ3) is 2.26. The van der Waals surface area contributed by atoms with Crippen molar-refractivity contribution in [1.82, 2.24) is 5.32 Å². The monoisotopic (exact) mass is 196 g/mol. The van der Waals surface area contributed by atoms with Crippen LogP contribution >= 0.6 is 0 Å². The Bertz CT molecular complexity index is 222. The number of nitriles is 1. The lowest BCUT2D eigenvalue weighted by Gasteiger charge is -2.39. The van der Waals surface area contributed by atoms with E-state index in [1.807, 2.05) is 0 Å². The Kier molecular flexibility index (Phi) is 3.91. The van der Waals surface area contributed by atoms with Crippen LogP contribution in [0.15, 0.2) is 0 Å². The third-order valence-corrected chi connectivity index (χ3v) is 2.87. The van der Waals surface area contributed by atoms with Gasteiger partial charge in [0.25, 0.3) is 0 Å². The minimum absolute atomic E-state index is 0.0450. The number of ether oxygens (including phenoxy) is 1. The summed E-state index contributed by atoms with van der Waals surface area (Å²) in [6.45, 7) is 4.14. The van der Waals surface area contributed by atoms with Gasteiger partial charge in [0.1, 0.15) is 5.54 Å². The Hall–Kier alpha value is -0.590. The number of rotatable bonds is 3. The van der Waals surface area contributed by atoms with Crippen molar-refractivity contribution >= 4 is 0 Å². The van der Waals surface area contributed by atoms with Gasteiger partial charge in [-0.05, 0) is 26.7 Å². The molecule has 0 saturated heterocycles.